The average molecular weight is 246 g/mol. The first-order valence-corrected chi connectivity index (χ1v) is 5.67. The topological polar surface area (TPSA) is 94.0 Å². The van der Waals surface area contributed by atoms with Crippen LogP contribution in [0.5, 0.6) is 0 Å². The molecule has 3 N–H and O–H groups in total. The molecular formula is C12H14N4O2. The summed E-state index contributed by atoms with van der Waals surface area (Å²) < 4.78 is 5.16. The third-order valence-electron chi connectivity index (χ3n) is 2.34. The highest BCUT2D eigenvalue weighted by atomic mass is 16.3. The summed E-state index contributed by atoms with van der Waals surface area (Å²) in [7, 11) is 0. The molecule has 2 rings (SSSR count). The molecule has 6 nitrogen and oxygen atoms in total. The number of amides is 1. The summed E-state index contributed by atoms with van der Waals surface area (Å²) in [5.74, 6) is 0.761. The summed E-state index contributed by atoms with van der Waals surface area (Å²) in [5, 5.41) is 2.72. The van der Waals surface area contributed by atoms with Gasteiger partial charge in [0.2, 0.25) is 0 Å². The second-order valence-electron chi connectivity index (χ2n) is 3.73. The maximum atomic E-state index is 11.7. The molecule has 1 amide bonds. The number of rotatable bonds is 4. The Morgan fingerprint density at radius 1 is 1.56 bits per heavy atom. The zero-order valence-corrected chi connectivity index (χ0v) is 10.0. The van der Waals surface area contributed by atoms with Gasteiger partial charge in [0.15, 0.2) is 11.6 Å². The lowest BCUT2D eigenvalue weighted by Gasteiger charge is -2.06. The van der Waals surface area contributed by atoms with Crippen molar-refractivity contribution in [2.24, 2.45) is 0 Å². The second-order valence-corrected chi connectivity index (χ2v) is 3.73. The number of anilines is 1. The quantitative estimate of drug-likeness (QED) is 0.851. The zero-order valence-electron chi connectivity index (χ0n) is 10.0. The number of furan rings is 1. The molecule has 0 aliphatic rings. The van der Waals surface area contributed by atoms with Crippen molar-refractivity contribution in [3.05, 3.63) is 30.2 Å². The van der Waals surface area contributed by atoms with E-state index >= 15 is 0 Å². The second kappa shape index (κ2) is 5.31. The number of hydrogen-bond acceptors (Lipinski definition) is 5. The summed E-state index contributed by atoms with van der Waals surface area (Å²) >= 11 is 0. The van der Waals surface area contributed by atoms with Gasteiger partial charge in [-0.1, -0.05) is 6.92 Å². The van der Waals surface area contributed by atoms with Gasteiger partial charge in [0.25, 0.3) is 5.91 Å². The minimum absolute atomic E-state index is 0.144. The molecule has 18 heavy (non-hydrogen) atoms. The molecule has 0 bridgehead atoms. The van der Waals surface area contributed by atoms with Gasteiger partial charge < -0.3 is 15.5 Å². The number of aromatic nitrogens is 2. The van der Waals surface area contributed by atoms with Crippen molar-refractivity contribution in [2.45, 2.75) is 13.3 Å². The highest BCUT2D eigenvalue weighted by Crippen LogP contribution is 2.17. The average Bonchev–Trinajstić information content (AvgIpc) is 2.89. The van der Waals surface area contributed by atoms with Crippen molar-refractivity contribution >= 4 is 11.7 Å². The van der Waals surface area contributed by atoms with Crippen molar-refractivity contribution in [1.29, 1.82) is 0 Å². The molecule has 0 radical (unpaired) electrons. The van der Waals surface area contributed by atoms with Crippen molar-refractivity contribution in [3.8, 4) is 11.6 Å². The molecule has 2 aromatic rings. The predicted octanol–water partition coefficient (Wildman–Crippen LogP) is 1.46. The van der Waals surface area contributed by atoms with E-state index in [1.54, 1.807) is 12.1 Å². The first-order valence-electron chi connectivity index (χ1n) is 5.67. The summed E-state index contributed by atoms with van der Waals surface area (Å²) in [4.78, 5) is 19.8. The fourth-order valence-electron chi connectivity index (χ4n) is 1.43. The van der Waals surface area contributed by atoms with Gasteiger partial charge in [-0.25, -0.2) is 9.97 Å². The number of hydrogen-bond donors (Lipinski definition) is 2. The van der Waals surface area contributed by atoms with Crippen LogP contribution in [0, 0.1) is 0 Å². The zero-order chi connectivity index (χ0) is 13.0. The van der Waals surface area contributed by atoms with Crippen LogP contribution in [0.4, 0.5) is 5.82 Å². The predicted molar refractivity (Wildman–Crippen MR) is 66.8 cm³/mol. The van der Waals surface area contributed by atoms with E-state index in [9.17, 15) is 4.79 Å². The highest BCUT2D eigenvalue weighted by Gasteiger charge is 2.13. The monoisotopic (exact) mass is 246 g/mol. The standard InChI is InChI=1S/C12H14N4O2/c1-2-5-14-12(17)8-7-15-11(16-10(8)13)9-4-3-6-18-9/h3-4,6-7H,2,5H2,1H3,(H,14,17)(H2,13,15,16). The first kappa shape index (κ1) is 12.1. The van der Waals surface area contributed by atoms with Crippen LogP contribution in [0.2, 0.25) is 0 Å². The SMILES string of the molecule is CCCNC(=O)c1cnc(-c2ccco2)nc1N. The van der Waals surface area contributed by atoms with Crippen molar-refractivity contribution < 1.29 is 9.21 Å². The number of nitrogen functional groups attached to an aromatic ring is 1. The molecule has 6 heteroatoms. The molecule has 0 spiro atoms. The molecule has 0 unspecified atom stereocenters. The molecule has 0 saturated heterocycles. The first-order chi connectivity index (χ1) is 8.72. The van der Waals surface area contributed by atoms with Gasteiger partial charge in [-0.3, -0.25) is 4.79 Å². The van der Waals surface area contributed by atoms with Crippen molar-refractivity contribution in [2.75, 3.05) is 12.3 Å². The molecule has 0 aliphatic carbocycles. The largest absolute Gasteiger partial charge is 0.461 e. The van der Waals surface area contributed by atoms with Gasteiger partial charge in [-0.15, -0.1) is 0 Å². The minimum atomic E-state index is -0.264. The normalized spacial score (nSPS) is 10.3. The Morgan fingerprint density at radius 2 is 2.39 bits per heavy atom. The van der Waals surface area contributed by atoms with Crippen LogP contribution < -0.4 is 11.1 Å². The number of nitrogens with two attached hydrogens (primary N) is 1. The van der Waals surface area contributed by atoms with Gasteiger partial charge in [-0.05, 0) is 18.6 Å². The molecule has 0 saturated carbocycles. The number of nitrogens with zero attached hydrogens (tertiary/aromatic N) is 2. The Bertz CT molecular complexity index is 537. The fourth-order valence-corrected chi connectivity index (χ4v) is 1.43. The lowest BCUT2D eigenvalue weighted by atomic mass is 10.2. The molecule has 0 atom stereocenters. The van der Waals surface area contributed by atoms with E-state index in [1.165, 1.54) is 12.5 Å². The number of carbonyl (C=O) groups is 1. The number of carbonyl (C=O) groups excluding carboxylic acids is 1. The third kappa shape index (κ3) is 2.48. The van der Waals surface area contributed by atoms with E-state index in [1.807, 2.05) is 6.92 Å². The lowest BCUT2D eigenvalue weighted by Crippen LogP contribution is -2.25. The summed E-state index contributed by atoms with van der Waals surface area (Å²) in [5.41, 5.74) is 6.02. The smallest absolute Gasteiger partial charge is 0.256 e. The van der Waals surface area contributed by atoms with Crippen LogP contribution in [-0.2, 0) is 0 Å². The molecule has 2 heterocycles. The van der Waals surface area contributed by atoms with E-state index in [0.29, 0.717) is 18.1 Å². The van der Waals surface area contributed by atoms with Crippen LogP contribution in [0.15, 0.2) is 29.0 Å². The van der Waals surface area contributed by atoms with Crippen LogP contribution in [-0.4, -0.2) is 22.4 Å². The van der Waals surface area contributed by atoms with E-state index in [0.717, 1.165) is 6.42 Å². The Kier molecular flexibility index (Phi) is 3.57. The van der Waals surface area contributed by atoms with Gasteiger partial charge in [0.05, 0.1) is 11.8 Å². The van der Waals surface area contributed by atoms with E-state index < -0.39 is 0 Å². The number of nitrogens with one attached hydrogen (secondary N) is 1. The summed E-state index contributed by atoms with van der Waals surface area (Å²) in [6, 6.07) is 3.46. The highest BCUT2D eigenvalue weighted by molar-refractivity contribution is 5.98. The van der Waals surface area contributed by atoms with Crippen molar-refractivity contribution in [1.82, 2.24) is 15.3 Å². The molecule has 2 aromatic heterocycles. The van der Waals surface area contributed by atoms with Crippen LogP contribution in [0.1, 0.15) is 23.7 Å². The van der Waals surface area contributed by atoms with Crippen LogP contribution >= 0.6 is 0 Å². The Hall–Kier alpha value is -2.37. The molecule has 94 valence electrons. The maximum absolute atomic E-state index is 11.7. The third-order valence-corrected chi connectivity index (χ3v) is 2.34. The fraction of sp³-hybridized carbons (Fsp3) is 0.250. The van der Waals surface area contributed by atoms with Crippen LogP contribution in [0.25, 0.3) is 11.6 Å². The Morgan fingerprint density at radius 3 is 3.00 bits per heavy atom. The minimum Gasteiger partial charge on any atom is -0.461 e. The molecule has 0 fully saturated rings. The Balaban J connectivity index is 2.23. The lowest BCUT2D eigenvalue weighted by molar-refractivity contribution is 0.0954. The maximum Gasteiger partial charge on any atom is 0.256 e. The van der Waals surface area contributed by atoms with Crippen molar-refractivity contribution in [3.63, 3.8) is 0 Å². The van der Waals surface area contributed by atoms with E-state index in [4.69, 9.17) is 10.2 Å². The summed E-state index contributed by atoms with van der Waals surface area (Å²) in [6.07, 6.45) is 3.79. The van der Waals surface area contributed by atoms with Crippen LogP contribution in [0.3, 0.4) is 0 Å². The molecular weight excluding hydrogens is 232 g/mol. The molecule has 0 aromatic carbocycles. The van der Waals surface area contributed by atoms with E-state index in [-0.39, 0.29) is 17.3 Å². The van der Waals surface area contributed by atoms with Gasteiger partial charge >= 0.3 is 0 Å². The van der Waals surface area contributed by atoms with Gasteiger partial charge in [-0.2, -0.15) is 0 Å². The van der Waals surface area contributed by atoms with Gasteiger partial charge in [0.1, 0.15) is 5.82 Å². The molecule has 0 aliphatic heterocycles. The summed E-state index contributed by atoms with van der Waals surface area (Å²) in [6.45, 7) is 2.57. The Labute approximate surface area is 104 Å². The van der Waals surface area contributed by atoms with Gasteiger partial charge in [0, 0.05) is 12.7 Å². The van der Waals surface area contributed by atoms with E-state index in [2.05, 4.69) is 15.3 Å².